The van der Waals surface area contributed by atoms with Gasteiger partial charge in [0.05, 0.1) is 0 Å². The molecule has 0 aliphatic heterocycles. The van der Waals surface area contributed by atoms with Gasteiger partial charge >= 0.3 is 0 Å². The third kappa shape index (κ3) is 2.46. The molecule has 0 radical (unpaired) electrons. The lowest BCUT2D eigenvalue weighted by Gasteiger charge is -2.05. The maximum atomic E-state index is 5.67. The summed E-state index contributed by atoms with van der Waals surface area (Å²) < 4.78 is 3.93. The van der Waals surface area contributed by atoms with Gasteiger partial charge in [0.25, 0.3) is 0 Å². The summed E-state index contributed by atoms with van der Waals surface area (Å²) in [5.41, 5.74) is 0. The molecule has 0 atom stereocenters. The molecule has 0 aliphatic carbocycles. The molecule has 2 rings (SSSR count). The van der Waals surface area contributed by atoms with Gasteiger partial charge in [-0.15, -0.1) is 3.88 Å². The van der Waals surface area contributed by atoms with E-state index in [1.165, 1.54) is 0 Å². The normalized spacial score (nSPS) is 10.3. The van der Waals surface area contributed by atoms with Crippen molar-refractivity contribution in [3.05, 3.63) is 60.7 Å². The number of rotatable bonds is 2. The molecule has 0 amide bonds. The molecule has 0 N–H and O–H groups in total. The first-order chi connectivity index (χ1) is 7.42. The first kappa shape index (κ1) is 10.4. The summed E-state index contributed by atoms with van der Waals surface area (Å²) in [6, 6.07) is 20.2. The second kappa shape index (κ2) is 5.10. The molecular formula is C12H10ClNS. The lowest BCUT2D eigenvalue weighted by atomic mass is 10.4. The summed E-state index contributed by atoms with van der Waals surface area (Å²) in [7, 11) is -0.368. The summed E-state index contributed by atoms with van der Waals surface area (Å²) >= 11 is 5.67. The van der Waals surface area contributed by atoms with E-state index in [1.54, 1.807) is 0 Å². The zero-order valence-corrected chi connectivity index (χ0v) is 9.58. The van der Waals surface area contributed by atoms with Gasteiger partial charge in [0, 0.05) is 21.6 Å². The molecule has 0 aliphatic rings. The SMILES string of the molecule is ClN=S(c1ccccc1)c1ccccc1. The second-order valence-electron chi connectivity index (χ2n) is 2.98. The number of nitrogens with zero attached hydrogens (tertiary/aromatic N) is 1. The molecule has 0 saturated heterocycles. The lowest BCUT2D eigenvalue weighted by Crippen LogP contribution is -1.90. The minimum Gasteiger partial charge on any atom is -0.146 e. The molecule has 0 aromatic heterocycles. The number of benzene rings is 2. The van der Waals surface area contributed by atoms with Crippen molar-refractivity contribution < 1.29 is 0 Å². The summed E-state index contributed by atoms with van der Waals surface area (Å²) in [6.45, 7) is 0. The highest BCUT2D eigenvalue weighted by molar-refractivity contribution is 7.88. The van der Waals surface area contributed by atoms with E-state index >= 15 is 0 Å². The molecule has 0 bridgehead atoms. The molecule has 0 fully saturated rings. The minimum atomic E-state index is -0.368. The monoisotopic (exact) mass is 235 g/mol. The Balaban J connectivity index is 2.44. The van der Waals surface area contributed by atoms with Crippen LogP contribution >= 0.6 is 11.8 Å². The van der Waals surface area contributed by atoms with Crippen molar-refractivity contribution in [3.63, 3.8) is 0 Å². The van der Waals surface area contributed by atoms with Crippen LogP contribution in [0, 0.1) is 0 Å². The zero-order chi connectivity index (χ0) is 10.5. The third-order valence-corrected chi connectivity index (χ3v) is 3.99. The Hall–Kier alpha value is -1.12. The quantitative estimate of drug-likeness (QED) is 0.745. The number of hydrogen-bond acceptors (Lipinski definition) is 1. The van der Waals surface area contributed by atoms with Crippen LogP contribution in [0.2, 0.25) is 0 Å². The first-order valence-corrected chi connectivity index (χ1v) is 6.10. The van der Waals surface area contributed by atoms with E-state index in [2.05, 4.69) is 3.88 Å². The smallest absolute Gasteiger partial charge is 0.0447 e. The van der Waals surface area contributed by atoms with E-state index in [0.29, 0.717) is 0 Å². The van der Waals surface area contributed by atoms with Gasteiger partial charge < -0.3 is 0 Å². The van der Waals surface area contributed by atoms with Gasteiger partial charge in [-0.25, -0.2) is 0 Å². The van der Waals surface area contributed by atoms with Gasteiger partial charge in [-0.1, -0.05) is 36.4 Å². The molecule has 76 valence electrons. The summed E-state index contributed by atoms with van der Waals surface area (Å²) in [6.07, 6.45) is 0. The van der Waals surface area contributed by atoms with Crippen molar-refractivity contribution in [2.45, 2.75) is 9.79 Å². The van der Waals surface area contributed by atoms with Crippen molar-refractivity contribution in [2.24, 2.45) is 3.88 Å². The van der Waals surface area contributed by atoms with Crippen LogP contribution < -0.4 is 0 Å². The molecule has 2 aromatic rings. The van der Waals surface area contributed by atoms with E-state index in [1.807, 2.05) is 60.7 Å². The molecule has 2 aromatic carbocycles. The summed E-state index contributed by atoms with van der Waals surface area (Å²) in [4.78, 5) is 2.28. The standard InChI is InChI=1S/C12H10ClNS/c13-14-15(11-7-3-1-4-8-11)12-9-5-2-6-10-12/h1-10H. The van der Waals surface area contributed by atoms with Crippen molar-refractivity contribution in [2.75, 3.05) is 0 Å². The molecular weight excluding hydrogens is 226 g/mol. The summed E-state index contributed by atoms with van der Waals surface area (Å²) in [5, 5.41) is 0. The topological polar surface area (TPSA) is 12.4 Å². The van der Waals surface area contributed by atoms with Gasteiger partial charge in [0.15, 0.2) is 0 Å². The molecule has 15 heavy (non-hydrogen) atoms. The highest BCUT2D eigenvalue weighted by Crippen LogP contribution is 2.18. The predicted molar refractivity (Wildman–Crippen MR) is 65.1 cm³/mol. The Kier molecular flexibility index (Phi) is 3.54. The maximum absolute atomic E-state index is 5.67. The average Bonchev–Trinajstić information content (AvgIpc) is 2.33. The Labute approximate surface area is 96.9 Å². The predicted octanol–water partition coefficient (Wildman–Crippen LogP) is 4.06. The zero-order valence-electron chi connectivity index (χ0n) is 8.01. The molecule has 0 saturated carbocycles. The maximum Gasteiger partial charge on any atom is 0.0447 e. The Morgan fingerprint density at radius 3 is 1.47 bits per heavy atom. The number of hydrogen-bond donors (Lipinski definition) is 0. The van der Waals surface area contributed by atoms with Gasteiger partial charge in [-0.05, 0) is 35.0 Å². The van der Waals surface area contributed by atoms with Crippen LogP contribution in [-0.4, -0.2) is 0 Å². The number of halogens is 1. The fourth-order valence-electron chi connectivity index (χ4n) is 1.31. The van der Waals surface area contributed by atoms with Gasteiger partial charge in [0.1, 0.15) is 0 Å². The highest BCUT2D eigenvalue weighted by atomic mass is 35.5. The highest BCUT2D eigenvalue weighted by Gasteiger charge is 2.02. The first-order valence-electron chi connectivity index (χ1n) is 4.58. The van der Waals surface area contributed by atoms with Crippen LogP contribution in [0.5, 0.6) is 0 Å². The Morgan fingerprint density at radius 1 is 0.733 bits per heavy atom. The second-order valence-corrected chi connectivity index (χ2v) is 5.04. The molecule has 1 nitrogen and oxygen atoms in total. The van der Waals surface area contributed by atoms with E-state index in [-0.39, 0.29) is 10.7 Å². The fourth-order valence-corrected chi connectivity index (χ4v) is 3.05. The van der Waals surface area contributed by atoms with Gasteiger partial charge in [0.2, 0.25) is 0 Å². The lowest BCUT2D eigenvalue weighted by molar-refractivity contribution is 1.38. The van der Waals surface area contributed by atoms with Crippen LogP contribution in [0.25, 0.3) is 0 Å². The third-order valence-electron chi connectivity index (χ3n) is 2.00. The van der Waals surface area contributed by atoms with E-state index in [0.717, 1.165) is 9.79 Å². The van der Waals surface area contributed by atoms with Crippen molar-refractivity contribution in [1.82, 2.24) is 0 Å². The fraction of sp³-hybridized carbons (Fsp3) is 0. The van der Waals surface area contributed by atoms with Crippen LogP contribution in [0.4, 0.5) is 0 Å². The van der Waals surface area contributed by atoms with Crippen molar-refractivity contribution in [1.29, 1.82) is 0 Å². The van der Waals surface area contributed by atoms with Crippen LogP contribution in [0.1, 0.15) is 0 Å². The van der Waals surface area contributed by atoms with Crippen molar-refractivity contribution in [3.8, 4) is 0 Å². The van der Waals surface area contributed by atoms with E-state index in [9.17, 15) is 0 Å². The molecule has 0 unspecified atom stereocenters. The molecule has 0 spiro atoms. The van der Waals surface area contributed by atoms with Crippen molar-refractivity contribution >= 4 is 22.5 Å². The molecule has 3 heteroatoms. The largest absolute Gasteiger partial charge is 0.146 e. The van der Waals surface area contributed by atoms with Gasteiger partial charge in [-0.2, -0.15) is 0 Å². The summed E-state index contributed by atoms with van der Waals surface area (Å²) in [5.74, 6) is 0. The Bertz CT molecular complexity index is 412. The molecule has 0 heterocycles. The van der Waals surface area contributed by atoms with E-state index < -0.39 is 0 Å². The van der Waals surface area contributed by atoms with E-state index in [4.69, 9.17) is 11.8 Å². The Morgan fingerprint density at radius 2 is 1.13 bits per heavy atom. The average molecular weight is 236 g/mol. The van der Waals surface area contributed by atoms with Crippen LogP contribution in [0.3, 0.4) is 0 Å². The minimum absolute atomic E-state index is 0.368. The van der Waals surface area contributed by atoms with Crippen LogP contribution in [0.15, 0.2) is 74.3 Å². The van der Waals surface area contributed by atoms with Gasteiger partial charge in [-0.3, -0.25) is 0 Å². The van der Waals surface area contributed by atoms with Crippen LogP contribution in [-0.2, 0) is 10.7 Å².